The fraction of sp³-hybridized carbons (Fsp3) is 0.391. The van der Waals surface area contributed by atoms with Gasteiger partial charge in [-0.25, -0.2) is 13.8 Å². The SMILES string of the molecule is Cc1ccn2c(C[C@H]3CNCCO3)c(-c3c(F)cc(N4CCCC4=O)cc3F)nc2c1.Cl. The standard InChI is InChI=1S/C23H24F2N4O2.ClH/c1-14-4-7-29-19(12-16-13-26-5-8-31-16)23(27-20(29)9-14)22-17(24)10-15(11-18(22)25)28-6-2-3-21(28)30;/h4,7,9-11,16,26H,2-3,5-6,8,12-13H2,1H3;1H/t16-;/m0./s1. The first kappa shape index (κ1) is 22.6. The lowest BCUT2D eigenvalue weighted by Gasteiger charge is -2.24. The lowest BCUT2D eigenvalue weighted by atomic mass is 10.0. The van der Waals surface area contributed by atoms with Crippen LogP contribution in [-0.4, -0.2) is 47.6 Å². The number of imidazole rings is 1. The molecule has 9 heteroatoms. The molecule has 2 aliphatic heterocycles. The van der Waals surface area contributed by atoms with Gasteiger partial charge in [-0.05, 0) is 43.2 Å². The predicted molar refractivity (Wildman–Crippen MR) is 120 cm³/mol. The van der Waals surface area contributed by atoms with E-state index in [4.69, 9.17) is 4.74 Å². The maximum atomic E-state index is 15.3. The van der Waals surface area contributed by atoms with Gasteiger partial charge in [0.15, 0.2) is 0 Å². The third-order valence-electron chi connectivity index (χ3n) is 5.95. The number of carbonyl (C=O) groups excluding carboxylic acids is 1. The van der Waals surface area contributed by atoms with Crippen molar-refractivity contribution in [3.05, 3.63) is 53.4 Å². The van der Waals surface area contributed by atoms with Gasteiger partial charge in [0, 0.05) is 44.4 Å². The number of nitrogens with zero attached hydrogens (tertiary/aromatic N) is 3. The summed E-state index contributed by atoms with van der Waals surface area (Å²) in [6.45, 7) is 4.47. The zero-order valence-electron chi connectivity index (χ0n) is 17.7. The molecule has 0 spiro atoms. The molecule has 0 bridgehead atoms. The van der Waals surface area contributed by atoms with Crippen molar-refractivity contribution in [2.45, 2.75) is 32.3 Å². The Morgan fingerprint density at radius 3 is 2.69 bits per heavy atom. The Balaban J connectivity index is 0.00000245. The number of ether oxygens (including phenoxy) is 1. The molecule has 0 aliphatic carbocycles. The van der Waals surface area contributed by atoms with Crippen LogP contribution < -0.4 is 10.2 Å². The van der Waals surface area contributed by atoms with Gasteiger partial charge in [-0.3, -0.25) is 4.79 Å². The van der Waals surface area contributed by atoms with Crippen molar-refractivity contribution in [1.29, 1.82) is 0 Å². The topological polar surface area (TPSA) is 58.9 Å². The average Bonchev–Trinajstić information content (AvgIpc) is 3.32. The molecule has 2 fully saturated rings. The summed E-state index contributed by atoms with van der Waals surface area (Å²) in [5.74, 6) is -1.56. The van der Waals surface area contributed by atoms with Crippen molar-refractivity contribution in [3.8, 4) is 11.3 Å². The molecule has 0 radical (unpaired) electrons. The Hall–Kier alpha value is -2.55. The molecule has 2 aliphatic rings. The van der Waals surface area contributed by atoms with Crippen molar-refractivity contribution in [1.82, 2.24) is 14.7 Å². The first-order chi connectivity index (χ1) is 15.0. The van der Waals surface area contributed by atoms with Crippen LogP contribution in [0.3, 0.4) is 0 Å². The second-order valence-corrected chi connectivity index (χ2v) is 8.17. The molecule has 4 heterocycles. The van der Waals surface area contributed by atoms with E-state index in [0.717, 1.165) is 12.1 Å². The molecule has 5 rings (SSSR count). The highest BCUT2D eigenvalue weighted by molar-refractivity contribution is 5.95. The number of rotatable bonds is 4. The Bertz CT molecular complexity index is 1140. The molecular weight excluding hydrogens is 438 g/mol. The molecule has 2 aromatic heterocycles. The first-order valence-electron chi connectivity index (χ1n) is 10.6. The number of pyridine rings is 1. The minimum Gasteiger partial charge on any atom is -0.375 e. The second kappa shape index (κ2) is 9.13. The number of fused-ring (bicyclic) bond motifs is 1. The maximum Gasteiger partial charge on any atom is 0.227 e. The van der Waals surface area contributed by atoms with Crippen LogP contribution >= 0.6 is 12.4 Å². The number of hydrogen-bond donors (Lipinski definition) is 1. The Labute approximate surface area is 191 Å². The fourth-order valence-corrected chi connectivity index (χ4v) is 4.42. The van der Waals surface area contributed by atoms with Crippen LogP contribution in [-0.2, 0) is 16.0 Å². The maximum absolute atomic E-state index is 15.3. The number of anilines is 1. The molecule has 1 N–H and O–H groups in total. The number of carbonyl (C=O) groups is 1. The quantitative estimate of drug-likeness (QED) is 0.642. The van der Waals surface area contributed by atoms with Gasteiger partial charge < -0.3 is 19.4 Å². The van der Waals surface area contributed by atoms with Gasteiger partial charge in [-0.2, -0.15) is 0 Å². The van der Waals surface area contributed by atoms with E-state index < -0.39 is 11.6 Å². The van der Waals surface area contributed by atoms with Crippen molar-refractivity contribution >= 4 is 29.6 Å². The van der Waals surface area contributed by atoms with E-state index in [1.165, 1.54) is 17.0 Å². The molecule has 6 nitrogen and oxygen atoms in total. The van der Waals surface area contributed by atoms with Crippen LogP contribution in [0.2, 0.25) is 0 Å². The monoisotopic (exact) mass is 462 g/mol. The third-order valence-corrected chi connectivity index (χ3v) is 5.95. The molecular formula is C23H25ClF2N4O2. The summed E-state index contributed by atoms with van der Waals surface area (Å²) in [5.41, 5.74) is 2.69. The number of benzene rings is 1. The summed E-state index contributed by atoms with van der Waals surface area (Å²) in [6, 6.07) is 6.30. The number of amides is 1. The van der Waals surface area contributed by atoms with Crippen molar-refractivity contribution in [3.63, 3.8) is 0 Å². The summed E-state index contributed by atoms with van der Waals surface area (Å²) in [7, 11) is 0. The van der Waals surface area contributed by atoms with Crippen LogP contribution in [0.1, 0.15) is 24.1 Å². The van der Waals surface area contributed by atoms with Gasteiger partial charge in [-0.1, -0.05) is 0 Å². The average molecular weight is 463 g/mol. The Morgan fingerprint density at radius 2 is 2.03 bits per heavy atom. The number of aryl methyl sites for hydroxylation is 1. The number of morpholine rings is 1. The highest BCUT2D eigenvalue weighted by Crippen LogP contribution is 2.34. The molecule has 1 amide bonds. The van der Waals surface area contributed by atoms with Crippen molar-refractivity contribution in [2.75, 3.05) is 31.1 Å². The van der Waals surface area contributed by atoms with Crippen LogP contribution in [0, 0.1) is 18.6 Å². The summed E-state index contributed by atoms with van der Waals surface area (Å²) in [5, 5.41) is 3.29. The van der Waals surface area contributed by atoms with E-state index in [1.807, 2.05) is 29.7 Å². The van der Waals surface area contributed by atoms with Gasteiger partial charge in [-0.15, -0.1) is 12.4 Å². The van der Waals surface area contributed by atoms with E-state index in [9.17, 15) is 4.79 Å². The van der Waals surface area contributed by atoms with Gasteiger partial charge in [0.05, 0.1) is 29.7 Å². The van der Waals surface area contributed by atoms with Crippen molar-refractivity contribution < 1.29 is 18.3 Å². The smallest absolute Gasteiger partial charge is 0.227 e. The Morgan fingerprint density at radius 1 is 1.25 bits per heavy atom. The lowest BCUT2D eigenvalue weighted by molar-refractivity contribution is -0.117. The van der Waals surface area contributed by atoms with Crippen LogP contribution in [0.25, 0.3) is 16.9 Å². The zero-order chi connectivity index (χ0) is 21.5. The van der Waals surface area contributed by atoms with Gasteiger partial charge >= 0.3 is 0 Å². The molecule has 2 saturated heterocycles. The molecule has 170 valence electrons. The summed E-state index contributed by atoms with van der Waals surface area (Å²) >= 11 is 0. The highest BCUT2D eigenvalue weighted by atomic mass is 35.5. The van der Waals surface area contributed by atoms with Crippen molar-refractivity contribution in [2.24, 2.45) is 0 Å². The number of halogens is 3. The van der Waals surface area contributed by atoms with E-state index in [-0.39, 0.29) is 41.4 Å². The van der Waals surface area contributed by atoms with E-state index in [0.29, 0.717) is 50.3 Å². The van der Waals surface area contributed by atoms with Gasteiger partial charge in [0.1, 0.15) is 17.3 Å². The molecule has 1 aromatic carbocycles. The number of aromatic nitrogens is 2. The van der Waals surface area contributed by atoms with Gasteiger partial charge in [0.2, 0.25) is 5.91 Å². The van der Waals surface area contributed by atoms with Crippen LogP contribution in [0.15, 0.2) is 30.5 Å². The fourth-order valence-electron chi connectivity index (χ4n) is 4.42. The van der Waals surface area contributed by atoms with Gasteiger partial charge in [0.25, 0.3) is 0 Å². The van der Waals surface area contributed by atoms with E-state index >= 15 is 8.78 Å². The molecule has 32 heavy (non-hydrogen) atoms. The second-order valence-electron chi connectivity index (χ2n) is 8.17. The predicted octanol–water partition coefficient (Wildman–Crippen LogP) is 3.67. The summed E-state index contributed by atoms with van der Waals surface area (Å²) < 4.78 is 38.3. The molecule has 0 saturated carbocycles. The highest BCUT2D eigenvalue weighted by Gasteiger charge is 2.28. The largest absolute Gasteiger partial charge is 0.375 e. The zero-order valence-corrected chi connectivity index (χ0v) is 18.6. The first-order valence-corrected chi connectivity index (χ1v) is 10.6. The summed E-state index contributed by atoms with van der Waals surface area (Å²) in [4.78, 5) is 18.1. The summed E-state index contributed by atoms with van der Waals surface area (Å²) in [6.07, 6.45) is 3.32. The Kier molecular flexibility index (Phi) is 6.46. The van der Waals surface area contributed by atoms with E-state index in [2.05, 4.69) is 10.3 Å². The van der Waals surface area contributed by atoms with E-state index in [1.54, 1.807) is 0 Å². The normalized spacial score (nSPS) is 18.9. The minimum absolute atomic E-state index is 0. The molecule has 0 unspecified atom stereocenters. The number of hydrogen-bond acceptors (Lipinski definition) is 4. The van der Waals surface area contributed by atoms with Crippen LogP contribution in [0.5, 0.6) is 0 Å². The van der Waals surface area contributed by atoms with Crippen LogP contribution in [0.4, 0.5) is 14.5 Å². The number of nitrogens with one attached hydrogen (secondary N) is 1. The molecule has 1 atom stereocenters. The minimum atomic E-state index is -0.723. The third kappa shape index (κ3) is 4.10. The molecule has 3 aromatic rings. The lowest BCUT2D eigenvalue weighted by Crippen LogP contribution is -2.39.